The molecule has 3 atom stereocenters. The van der Waals surface area contributed by atoms with Crippen molar-refractivity contribution >= 4 is 11.6 Å². The fourth-order valence-corrected chi connectivity index (χ4v) is 5.40. The van der Waals surface area contributed by atoms with Crippen LogP contribution >= 0.6 is 0 Å². The largest absolute Gasteiger partial charge is 0.400 e. The van der Waals surface area contributed by atoms with Crippen molar-refractivity contribution in [2.45, 2.75) is 63.9 Å². The highest BCUT2D eigenvalue weighted by Gasteiger charge is 2.50. The van der Waals surface area contributed by atoms with Gasteiger partial charge in [-0.05, 0) is 68.7 Å². The first kappa shape index (κ1) is 30.6. The van der Waals surface area contributed by atoms with E-state index >= 15 is 0 Å². The minimum absolute atomic E-state index is 0.126. The van der Waals surface area contributed by atoms with Gasteiger partial charge < -0.3 is 25.3 Å². The molecule has 11 nitrogen and oxygen atoms in total. The van der Waals surface area contributed by atoms with Crippen LogP contribution in [0.3, 0.4) is 0 Å². The van der Waals surface area contributed by atoms with Crippen molar-refractivity contribution in [3.05, 3.63) is 102 Å². The van der Waals surface area contributed by atoms with Crippen molar-refractivity contribution in [1.29, 1.82) is 0 Å². The zero-order valence-electron chi connectivity index (χ0n) is 24.8. The number of pyridine rings is 2. The standard InChI is InChI=1S/C32H41N7O4/c1-32(2)42-28-14-18-41-30(29(28)43-32)31(40)37-17-13-23-9-11-27(12-10-23)39(34)20-24(33)19-38(21-25-7-3-5-15-35-25)22-26-8-4-6-16-36-26/h3-12,15-16,20,28-30H,13-14,17-19,21-22,33-34H2,1-2H3,(H,37,40)/b24-20-. The molecular formula is C32H41N7O4. The highest BCUT2D eigenvalue weighted by atomic mass is 16.8. The van der Waals surface area contributed by atoms with Crippen LogP contribution in [0.4, 0.5) is 5.69 Å². The summed E-state index contributed by atoms with van der Waals surface area (Å²) >= 11 is 0. The van der Waals surface area contributed by atoms with Gasteiger partial charge in [-0.1, -0.05) is 24.3 Å². The number of amides is 1. The summed E-state index contributed by atoms with van der Waals surface area (Å²) in [5.74, 6) is 5.46. The lowest BCUT2D eigenvalue weighted by Crippen LogP contribution is -2.51. The average Bonchev–Trinajstić information content (AvgIpc) is 3.32. The molecule has 5 rings (SSSR count). The number of hydrogen-bond acceptors (Lipinski definition) is 10. The van der Waals surface area contributed by atoms with E-state index in [1.54, 1.807) is 18.6 Å². The molecule has 2 fully saturated rings. The molecule has 2 aliphatic heterocycles. The number of aromatic nitrogens is 2. The van der Waals surface area contributed by atoms with Crippen molar-refractivity contribution in [3.63, 3.8) is 0 Å². The minimum Gasteiger partial charge on any atom is -0.400 e. The molecule has 0 spiro atoms. The maximum Gasteiger partial charge on any atom is 0.251 e. The number of nitrogens with zero attached hydrogens (tertiary/aromatic N) is 4. The maximum absolute atomic E-state index is 12.8. The van der Waals surface area contributed by atoms with E-state index < -0.39 is 18.0 Å². The van der Waals surface area contributed by atoms with E-state index in [1.165, 1.54) is 5.01 Å². The van der Waals surface area contributed by atoms with Crippen molar-refractivity contribution in [3.8, 4) is 0 Å². The molecular weight excluding hydrogens is 546 g/mol. The number of anilines is 1. The Kier molecular flexibility index (Phi) is 10.0. The lowest BCUT2D eigenvalue weighted by Gasteiger charge is -2.30. The van der Waals surface area contributed by atoms with Gasteiger partial charge in [0.1, 0.15) is 6.10 Å². The predicted octanol–water partition coefficient (Wildman–Crippen LogP) is 2.63. The summed E-state index contributed by atoms with van der Waals surface area (Å²) in [6, 6.07) is 19.6. The van der Waals surface area contributed by atoms with Crippen molar-refractivity contribution in [2.24, 2.45) is 11.6 Å². The van der Waals surface area contributed by atoms with Crippen LogP contribution in [0.1, 0.15) is 37.2 Å². The molecule has 5 N–H and O–H groups in total. The Morgan fingerprint density at radius 1 is 1.02 bits per heavy atom. The number of hydrogen-bond donors (Lipinski definition) is 3. The third-order valence-electron chi connectivity index (χ3n) is 7.36. The van der Waals surface area contributed by atoms with Crippen molar-refractivity contribution < 1.29 is 19.0 Å². The van der Waals surface area contributed by atoms with Gasteiger partial charge in [-0.2, -0.15) is 0 Å². The number of nitrogens with one attached hydrogen (secondary N) is 1. The van der Waals surface area contributed by atoms with Gasteiger partial charge in [-0.15, -0.1) is 0 Å². The molecule has 0 saturated carbocycles. The quantitative estimate of drug-likeness (QED) is 0.214. The lowest BCUT2D eigenvalue weighted by atomic mass is 10.0. The molecule has 0 aliphatic carbocycles. The molecule has 2 saturated heterocycles. The van der Waals surface area contributed by atoms with Gasteiger partial charge >= 0.3 is 0 Å². The van der Waals surface area contributed by atoms with E-state index in [4.69, 9.17) is 25.8 Å². The van der Waals surface area contributed by atoms with Crippen LogP contribution < -0.4 is 21.9 Å². The smallest absolute Gasteiger partial charge is 0.251 e. The number of fused-ring (bicyclic) bond motifs is 1. The number of benzene rings is 1. The van der Waals surface area contributed by atoms with Crippen LogP contribution in [-0.2, 0) is 38.5 Å². The van der Waals surface area contributed by atoms with Gasteiger partial charge in [-0.3, -0.25) is 24.7 Å². The summed E-state index contributed by atoms with van der Waals surface area (Å²) in [5.41, 5.74) is 10.8. The van der Waals surface area contributed by atoms with Crippen LogP contribution in [0.5, 0.6) is 0 Å². The molecule has 2 aromatic heterocycles. The third kappa shape index (κ3) is 8.59. The highest BCUT2D eigenvalue weighted by Crippen LogP contribution is 2.35. The Hall–Kier alpha value is -3.87. The summed E-state index contributed by atoms with van der Waals surface area (Å²) in [5, 5.41) is 4.50. The number of carbonyl (C=O) groups excluding carboxylic acids is 1. The molecule has 2 aliphatic rings. The Balaban J connectivity index is 1.12. The van der Waals surface area contributed by atoms with Gasteiger partial charge in [-0.25, -0.2) is 5.84 Å². The molecule has 1 aromatic carbocycles. The second kappa shape index (κ2) is 14.1. The Bertz CT molecular complexity index is 1310. The van der Waals surface area contributed by atoms with Crippen molar-refractivity contribution in [2.75, 3.05) is 24.7 Å². The van der Waals surface area contributed by atoms with Crippen LogP contribution in [0.15, 0.2) is 85.0 Å². The van der Waals surface area contributed by atoms with Gasteiger partial charge in [0, 0.05) is 50.5 Å². The first-order valence-corrected chi connectivity index (χ1v) is 14.6. The van der Waals surface area contributed by atoms with Crippen LogP contribution in [0.2, 0.25) is 0 Å². The molecule has 43 heavy (non-hydrogen) atoms. The average molecular weight is 588 g/mol. The van der Waals surface area contributed by atoms with E-state index in [0.717, 1.165) is 29.1 Å². The Morgan fingerprint density at radius 2 is 1.70 bits per heavy atom. The molecule has 4 heterocycles. The number of ether oxygens (including phenoxy) is 3. The molecule has 228 valence electrons. The van der Waals surface area contributed by atoms with E-state index in [0.29, 0.717) is 44.9 Å². The molecule has 0 bridgehead atoms. The van der Waals surface area contributed by atoms with Crippen molar-refractivity contribution in [1.82, 2.24) is 20.2 Å². The fourth-order valence-electron chi connectivity index (χ4n) is 5.40. The van der Waals surface area contributed by atoms with E-state index in [9.17, 15) is 4.79 Å². The highest BCUT2D eigenvalue weighted by molar-refractivity contribution is 5.81. The van der Waals surface area contributed by atoms with Crippen LogP contribution in [0, 0.1) is 0 Å². The molecule has 3 unspecified atom stereocenters. The Morgan fingerprint density at radius 3 is 2.33 bits per heavy atom. The summed E-state index contributed by atoms with van der Waals surface area (Å²) in [4.78, 5) is 23.9. The first-order chi connectivity index (χ1) is 20.8. The SMILES string of the molecule is CC1(C)OC2CCOC(C(=O)NCCc3ccc(N(N)/C=C(\N)CN(Cc4ccccn4)Cc4ccccn4)cc3)C2O1. The summed E-state index contributed by atoms with van der Waals surface area (Å²) in [6.45, 7) is 6.39. The van der Waals surface area contributed by atoms with E-state index in [-0.39, 0.29) is 12.0 Å². The van der Waals surface area contributed by atoms with Gasteiger partial charge in [0.05, 0.1) is 29.8 Å². The zero-order chi connectivity index (χ0) is 30.2. The molecule has 0 radical (unpaired) electrons. The summed E-state index contributed by atoms with van der Waals surface area (Å²) in [6.07, 6.45) is 5.49. The minimum atomic E-state index is -0.710. The third-order valence-corrected chi connectivity index (χ3v) is 7.36. The summed E-state index contributed by atoms with van der Waals surface area (Å²) < 4.78 is 17.6. The van der Waals surface area contributed by atoms with Crippen LogP contribution in [0.25, 0.3) is 0 Å². The Labute approximate surface area is 252 Å². The topological polar surface area (TPSA) is 141 Å². The normalized spacial score (nSPS) is 21.4. The van der Waals surface area contributed by atoms with Gasteiger partial charge in [0.15, 0.2) is 11.9 Å². The fraction of sp³-hybridized carbons (Fsp3) is 0.406. The zero-order valence-corrected chi connectivity index (χ0v) is 24.8. The molecule has 3 aromatic rings. The van der Waals surface area contributed by atoms with Crippen LogP contribution in [-0.4, -0.2) is 64.6 Å². The molecule has 1 amide bonds. The monoisotopic (exact) mass is 587 g/mol. The predicted molar refractivity (Wildman–Crippen MR) is 163 cm³/mol. The number of rotatable bonds is 12. The number of carbonyl (C=O) groups is 1. The molecule has 11 heteroatoms. The second-order valence-electron chi connectivity index (χ2n) is 11.3. The van der Waals surface area contributed by atoms with Gasteiger partial charge in [0.2, 0.25) is 0 Å². The summed E-state index contributed by atoms with van der Waals surface area (Å²) in [7, 11) is 0. The maximum atomic E-state index is 12.8. The number of hydrazine groups is 1. The van der Waals surface area contributed by atoms with E-state index in [1.807, 2.05) is 74.5 Å². The first-order valence-electron chi connectivity index (χ1n) is 14.6. The van der Waals surface area contributed by atoms with Gasteiger partial charge in [0.25, 0.3) is 5.91 Å². The number of nitrogens with two attached hydrogens (primary N) is 2. The lowest BCUT2D eigenvalue weighted by molar-refractivity contribution is -0.162. The second-order valence-corrected chi connectivity index (χ2v) is 11.3. The van der Waals surface area contributed by atoms with E-state index in [2.05, 4.69) is 20.2 Å².